The van der Waals surface area contributed by atoms with Crippen molar-refractivity contribution in [2.45, 2.75) is 32.3 Å². The summed E-state index contributed by atoms with van der Waals surface area (Å²) >= 11 is 0. The molecule has 0 radical (unpaired) electrons. The zero-order chi connectivity index (χ0) is 13.5. The maximum absolute atomic E-state index is 11.7. The second kappa shape index (κ2) is 7.25. The molecule has 2 N–H and O–H groups in total. The van der Waals surface area contributed by atoms with Gasteiger partial charge in [-0.25, -0.2) is 0 Å². The van der Waals surface area contributed by atoms with Crippen LogP contribution in [0.15, 0.2) is 6.20 Å². The fourth-order valence-electron chi connectivity index (χ4n) is 2.04. The Bertz CT molecular complexity index is 400. The second-order valence-corrected chi connectivity index (χ2v) is 4.73. The van der Waals surface area contributed by atoms with Crippen molar-refractivity contribution in [3.63, 3.8) is 0 Å². The Kier molecular flexibility index (Phi) is 5.35. The standard InChI is InChI=1S/C13H21N3O3/c1-10-12(8-15-16-10)13(17)14-5-3-6-18-9-11-4-2-7-19-11/h8,11H,2-7,9H2,1H3,(H,14,17)(H,15,16). The molecule has 6 nitrogen and oxygen atoms in total. The normalized spacial score (nSPS) is 18.7. The number of carbonyl (C=O) groups excluding carboxylic acids is 1. The van der Waals surface area contributed by atoms with Gasteiger partial charge in [0.25, 0.3) is 5.91 Å². The molecule has 1 aromatic rings. The lowest BCUT2D eigenvalue weighted by atomic mass is 10.2. The molecule has 1 aromatic heterocycles. The predicted octanol–water partition coefficient (Wildman–Crippen LogP) is 1.03. The topological polar surface area (TPSA) is 76.2 Å². The van der Waals surface area contributed by atoms with Crippen molar-refractivity contribution in [1.29, 1.82) is 0 Å². The van der Waals surface area contributed by atoms with Crippen molar-refractivity contribution in [1.82, 2.24) is 15.5 Å². The van der Waals surface area contributed by atoms with Crippen molar-refractivity contribution in [3.05, 3.63) is 17.5 Å². The van der Waals surface area contributed by atoms with Crippen molar-refractivity contribution < 1.29 is 14.3 Å². The first-order valence-corrected chi connectivity index (χ1v) is 6.75. The lowest BCUT2D eigenvalue weighted by molar-refractivity contribution is 0.0166. The van der Waals surface area contributed by atoms with Crippen LogP contribution in [0.4, 0.5) is 0 Å². The average molecular weight is 267 g/mol. The minimum Gasteiger partial charge on any atom is -0.379 e. The molecular formula is C13H21N3O3. The first kappa shape index (κ1) is 14.0. The molecule has 1 aliphatic rings. The van der Waals surface area contributed by atoms with E-state index >= 15 is 0 Å². The number of carbonyl (C=O) groups is 1. The highest BCUT2D eigenvalue weighted by Gasteiger charge is 2.15. The Hall–Kier alpha value is -1.40. The number of H-pyrrole nitrogens is 1. The number of nitrogens with one attached hydrogen (secondary N) is 2. The SMILES string of the molecule is Cc1[nH]ncc1C(=O)NCCCOCC1CCCO1. The Morgan fingerprint density at radius 3 is 3.26 bits per heavy atom. The van der Waals surface area contributed by atoms with Crippen molar-refractivity contribution in [2.75, 3.05) is 26.4 Å². The van der Waals surface area contributed by atoms with Crippen LogP contribution in [0.25, 0.3) is 0 Å². The number of rotatable bonds is 7. The molecule has 1 fully saturated rings. The summed E-state index contributed by atoms with van der Waals surface area (Å²) in [6.45, 7) is 4.59. The second-order valence-electron chi connectivity index (χ2n) is 4.73. The molecule has 2 rings (SSSR count). The van der Waals surface area contributed by atoms with E-state index in [1.165, 1.54) is 0 Å². The highest BCUT2D eigenvalue weighted by atomic mass is 16.5. The quantitative estimate of drug-likeness (QED) is 0.724. The van der Waals surface area contributed by atoms with Gasteiger partial charge in [-0.3, -0.25) is 9.89 Å². The molecule has 6 heteroatoms. The highest BCUT2D eigenvalue weighted by Crippen LogP contribution is 2.11. The van der Waals surface area contributed by atoms with Gasteiger partial charge in [-0.05, 0) is 26.2 Å². The summed E-state index contributed by atoms with van der Waals surface area (Å²) in [5.74, 6) is -0.0922. The minimum absolute atomic E-state index is 0.0922. The van der Waals surface area contributed by atoms with E-state index in [0.717, 1.165) is 31.6 Å². The van der Waals surface area contributed by atoms with Crippen LogP contribution in [0, 0.1) is 6.92 Å². The number of amides is 1. The zero-order valence-corrected chi connectivity index (χ0v) is 11.3. The molecule has 1 saturated heterocycles. The Morgan fingerprint density at radius 2 is 2.58 bits per heavy atom. The molecule has 0 saturated carbocycles. The van der Waals surface area contributed by atoms with Gasteiger partial charge in [0.15, 0.2) is 0 Å². The first-order valence-electron chi connectivity index (χ1n) is 6.75. The van der Waals surface area contributed by atoms with Gasteiger partial charge in [-0.15, -0.1) is 0 Å². The fourth-order valence-corrected chi connectivity index (χ4v) is 2.04. The Morgan fingerprint density at radius 1 is 1.68 bits per heavy atom. The number of hydrogen-bond acceptors (Lipinski definition) is 4. The molecule has 1 aliphatic heterocycles. The largest absolute Gasteiger partial charge is 0.379 e. The number of nitrogens with zero attached hydrogens (tertiary/aromatic N) is 1. The monoisotopic (exact) mass is 267 g/mol. The van der Waals surface area contributed by atoms with Gasteiger partial charge < -0.3 is 14.8 Å². The van der Waals surface area contributed by atoms with E-state index in [1.54, 1.807) is 6.20 Å². The molecule has 0 aliphatic carbocycles. The summed E-state index contributed by atoms with van der Waals surface area (Å²) in [5, 5.41) is 9.41. The molecular weight excluding hydrogens is 246 g/mol. The summed E-state index contributed by atoms with van der Waals surface area (Å²) < 4.78 is 11.0. The predicted molar refractivity (Wildman–Crippen MR) is 70.1 cm³/mol. The molecule has 2 heterocycles. The van der Waals surface area contributed by atoms with Gasteiger partial charge in [0.1, 0.15) is 0 Å². The van der Waals surface area contributed by atoms with Gasteiger partial charge >= 0.3 is 0 Å². The lowest BCUT2D eigenvalue weighted by Crippen LogP contribution is -2.26. The van der Waals surface area contributed by atoms with Crippen LogP contribution in [0.1, 0.15) is 35.3 Å². The van der Waals surface area contributed by atoms with Gasteiger partial charge in [0.2, 0.25) is 0 Å². The molecule has 0 aromatic carbocycles. The fraction of sp³-hybridized carbons (Fsp3) is 0.692. The molecule has 1 atom stereocenters. The summed E-state index contributed by atoms with van der Waals surface area (Å²) in [5.41, 5.74) is 1.38. The summed E-state index contributed by atoms with van der Waals surface area (Å²) in [6.07, 6.45) is 4.83. The molecule has 106 valence electrons. The number of aromatic amines is 1. The smallest absolute Gasteiger partial charge is 0.254 e. The molecule has 1 amide bonds. The van der Waals surface area contributed by atoms with Crippen molar-refractivity contribution in [2.24, 2.45) is 0 Å². The molecule has 19 heavy (non-hydrogen) atoms. The summed E-state index contributed by atoms with van der Waals surface area (Å²) in [7, 11) is 0. The number of ether oxygens (including phenoxy) is 2. The maximum Gasteiger partial charge on any atom is 0.254 e. The van der Waals surface area contributed by atoms with Gasteiger partial charge in [-0.1, -0.05) is 0 Å². The van der Waals surface area contributed by atoms with Crippen LogP contribution >= 0.6 is 0 Å². The third-order valence-corrected chi connectivity index (χ3v) is 3.15. The van der Waals surface area contributed by atoms with E-state index in [-0.39, 0.29) is 12.0 Å². The van der Waals surface area contributed by atoms with Crippen LogP contribution in [-0.2, 0) is 9.47 Å². The average Bonchev–Trinajstić information content (AvgIpc) is 3.04. The van der Waals surface area contributed by atoms with Crippen LogP contribution in [-0.4, -0.2) is 48.6 Å². The highest BCUT2D eigenvalue weighted by molar-refractivity contribution is 5.94. The molecule has 0 spiro atoms. The van der Waals surface area contributed by atoms with Gasteiger partial charge in [0.05, 0.1) is 24.5 Å². The summed E-state index contributed by atoms with van der Waals surface area (Å²) in [6, 6.07) is 0. The number of hydrogen-bond donors (Lipinski definition) is 2. The van der Waals surface area contributed by atoms with Crippen molar-refractivity contribution >= 4 is 5.91 Å². The van der Waals surface area contributed by atoms with E-state index in [1.807, 2.05) is 6.92 Å². The molecule has 0 bridgehead atoms. The maximum atomic E-state index is 11.7. The van der Waals surface area contributed by atoms with Crippen LogP contribution in [0.2, 0.25) is 0 Å². The summed E-state index contributed by atoms with van der Waals surface area (Å²) in [4.78, 5) is 11.7. The minimum atomic E-state index is -0.0922. The molecule has 1 unspecified atom stereocenters. The van der Waals surface area contributed by atoms with Crippen LogP contribution < -0.4 is 5.32 Å². The van der Waals surface area contributed by atoms with E-state index in [9.17, 15) is 4.79 Å². The van der Waals surface area contributed by atoms with E-state index in [4.69, 9.17) is 9.47 Å². The third-order valence-electron chi connectivity index (χ3n) is 3.15. The Labute approximate surface area is 112 Å². The van der Waals surface area contributed by atoms with Crippen molar-refractivity contribution in [3.8, 4) is 0 Å². The van der Waals surface area contributed by atoms with E-state index < -0.39 is 0 Å². The zero-order valence-electron chi connectivity index (χ0n) is 11.3. The van der Waals surface area contributed by atoms with Gasteiger partial charge in [-0.2, -0.15) is 5.10 Å². The number of aryl methyl sites for hydroxylation is 1. The van der Waals surface area contributed by atoms with E-state index in [2.05, 4.69) is 15.5 Å². The van der Waals surface area contributed by atoms with E-state index in [0.29, 0.717) is 25.3 Å². The number of aromatic nitrogens is 2. The third kappa shape index (κ3) is 4.33. The van der Waals surface area contributed by atoms with Crippen LogP contribution in [0.3, 0.4) is 0 Å². The Balaban J connectivity index is 1.52. The first-order chi connectivity index (χ1) is 9.27. The van der Waals surface area contributed by atoms with Gasteiger partial charge in [0, 0.05) is 25.5 Å². The lowest BCUT2D eigenvalue weighted by Gasteiger charge is -2.10. The van der Waals surface area contributed by atoms with Crippen LogP contribution in [0.5, 0.6) is 0 Å².